The van der Waals surface area contributed by atoms with E-state index in [1.54, 1.807) is 7.05 Å². The maximum absolute atomic E-state index is 12.8. The third-order valence-corrected chi connectivity index (χ3v) is 5.82. The normalized spacial score (nSPS) is 17.5. The number of piperidine rings is 1. The Morgan fingerprint density at radius 3 is 2.11 bits per heavy atom. The van der Waals surface area contributed by atoms with Crippen LogP contribution in [-0.4, -0.2) is 37.0 Å². The summed E-state index contributed by atoms with van der Waals surface area (Å²) in [5, 5.41) is 5.92. The highest BCUT2D eigenvalue weighted by Gasteiger charge is 2.28. The van der Waals surface area contributed by atoms with E-state index in [0.29, 0.717) is 24.9 Å². The number of hydrogen-bond donors (Lipinski definition) is 2. The summed E-state index contributed by atoms with van der Waals surface area (Å²) in [4.78, 5) is 26.4. The number of benzene rings is 1. The molecule has 1 saturated heterocycles. The Bertz CT molecular complexity index is 619. The lowest BCUT2D eigenvalue weighted by atomic mass is 9.92. The van der Waals surface area contributed by atoms with E-state index in [2.05, 4.69) is 62.6 Å². The van der Waals surface area contributed by atoms with E-state index in [9.17, 15) is 9.59 Å². The van der Waals surface area contributed by atoms with Crippen molar-refractivity contribution in [2.75, 3.05) is 20.1 Å². The van der Waals surface area contributed by atoms with Crippen LogP contribution in [-0.2, 0) is 4.79 Å². The molecule has 0 aliphatic carbocycles. The molecule has 1 aromatic carbocycles. The molecule has 5 nitrogen and oxygen atoms in total. The molecule has 1 aliphatic heterocycles. The lowest BCUT2D eigenvalue weighted by Crippen LogP contribution is -2.48. The van der Waals surface area contributed by atoms with Gasteiger partial charge >= 0.3 is 6.03 Å². The molecule has 0 radical (unpaired) electrons. The topological polar surface area (TPSA) is 61.4 Å². The standard InChI is InChI=1S/C22H35N3O2/c1-6-16(4)17-7-9-18(10-8-17)20(15(2)3)24-22(27)25-13-11-19(12-14-25)21(26)23-5/h7-10,15-16,19-20H,6,11-14H2,1-5H3,(H,23,26)(H,24,27). The summed E-state index contributed by atoms with van der Waals surface area (Å²) in [6.07, 6.45) is 2.57. The highest BCUT2D eigenvalue weighted by molar-refractivity contribution is 5.79. The number of urea groups is 1. The number of rotatable bonds is 6. The van der Waals surface area contributed by atoms with Gasteiger partial charge in [0.2, 0.25) is 5.91 Å². The molecule has 0 aromatic heterocycles. The predicted molar refractivity (Wildman–Crippen MR) is 110 cm³/mol. The Hall–Kier alpha value is -2.04. The summed E-state index contributed by atoms with van der Waals surface area (Å²) in [7, 11) is 1.67. The first-order valence-corrected chi connectivity index (χ1v) is 10.2. The average Bonchev–Trinajstić information content (AvgIpc) is 2.70. The van der Waals surface area contributed by atoms with E-state index < -0.39 is 0 Å². The summed E-state index contributed by atoms with van der Waals surface area (Å²) in [6, 6.07) is 8.60. The van der Waals surface area contributed by atoms with Crippen LogP contribution in [0.2, 0.25) is 0 Å². The van der Waals surface area contributed by atoms with E-state index in [0.717, 1.165) is 24.8 Å². The molecule has 150 valence electrons. The molecule has 2 N–H and O–H groups in total. The highest BCUT2D eigenvalue weighted by atomic mass is 16.2. The highest BCUT2D eigenvalue weighted by Crippen LogP contribution is 2.26. The SMILES string of the molecule is CCC(C)c1ccc(C(NC(=O)N2CCC(C(=O)NC)CC2)C(C)C)cc1. The number of hydrogen-bond acceptors (Lipinski definition) is 2. The summed E-state index contributed by atoms with van der Waals surface area (Å²) < 4.78 is 0. The number of amides is 3. The molecule has 2 unspecified atom stereocenters. The predicted octanol–water partition coefficient (Wildman–Crippen LogP) is 4.06. The molecule has 2 atom stereocenters. The smallest absolute Gasteiger partial charge is 0.317 e. The van der Waals surface area contributed by atoms with Crippen molar-refractivity contribution in [2.24, 2.45) is 11.8 Å². The first-order valence-electron chi connectivity index (χ1n) is 10.2. The third-order valence-electron chi connectivity index (χ3n) is 5.82. The molecule has 1 fully saturated rings. The second kappa shape index (κ2) is 9.77. The molecule has 1 heterocycles. The Morgan fingerprint density at radius 1 is 1.07 bits per heavy atom. The zero-order valence-corrected chi connectivity index (χ0v) is 17.4. The minimum Gasteiger partial charge on any atom is -0.359 e. The van der Waals surface area contributed by atoms with Gasteiger partial charge in [-0.3, -0.25) is 4.79 Å². The minimum atomic E-state index is -0.0324. The lowest BCUT2D eigenvalue weighted by molar-refractivity contribution is -0.125. The fourth-order valence-corrected chi connectivity index (χ4v) is 3.68. The molecular weight excluding hydrogens is 338 g/mol. The van der Waals surface area contributed by atoms with Crippen molar-refractivity contribution >= 4 is 11.9 Å². The van der Waals surface area contributed by atoms with E-state index in [4.69, 9.17) is 0 Å². The zero-order valence-electron chi connectivity index (χ0n) is 17.4. The Balaban J connectivity index is 2.00. The minimum absolute atomic E-state index is 0.0138. The van der Waals surface area contributed by atoms with Gasteiger partial charge in [-0.25, -0.2) is 4.79 Å². The van der Waals surface area contributed by atoms with Crippen LogP contribution < -0.4 is 10.6 Å². The van der Waals surface area contributed by atoms with Crippen molar-refractivity contribution in [1.82, 2.24) is 15.5 Å². The molecule has 1 aliphatic rings. The second-order valence-electron chi connectivity index (χ2n) is 8.02. The molecular formula is C22H35N3O2. The van der Waals surface area contributed by atoms with Crippen LogP contribution in [0.25, 0.3) is 0 Å². The van der Waals surface area contributed by atoms with Gasteiger partial charge in [0.1, 0.15) is 0 Å². The molecule has 0 spiro atoms. The third kappa shape index (κ3) is 5.47. The van der Waals surface area contributed by atoms with Crippen LogP contribution >= 0.6 is 0 Å². The van der Waals surface area contributed by atoms with Gasteiger partial charge in [-0.15, -0.1) is 0 Å². The number of nitrogens with one attached hydrogen (secondary N) is 2. The van der Waals surface area contributed by atoms with Gasteiger partial charge in [0, 0.05) is 26.1 Å². The number of carbonyl (C=O) groups is 2. The second-order valence-corrected chi connectivity index (χ2v) is 8.02. The van der Waals surface area contributed by atoms with Crippen molar-refractivity contribution in [2.45, 2.75) is 58.9 Å². The molecule has 0 saturated carbocycles. The van der Waals surface area contributed by atoms with E-state index in [1.165, 1.54) is 5.56 Å². The fourth-order valence-electron chi connectivity index (χ4n) is 3.68. The average molecular weight is 374 g/mol. The summed E-state index contributed by atoms with van der Waals surface area (Å²) in [5.41, 5.74) is 2.48. The van der Waals surface area contributed by atoms with Gasteiger partial charge in [0.15, 0.2) is 0 Å². The maximum Gasteiger partial charge on any atom is 0.317 e. The first-order chi connectivity index (χ1) is 12.9. The molecule has 27 heavy (non-hydrogen) atoms. The van der Waals surface area contributed by atoms with Crippen LogP contribution in [0.15, 0.2) is 24.3 Å². The van der Waals surface area contributed by atoms with Crippen LogP contribution in [0.5, 0.6) is 0 Å². The Morgan fingerprint density at radius 2 is 1.63 bits per heavy atom. The van der Waals surface area contributed by atoms with Gasteiger partial charge in [-0.1, -0.05) is 52.0 Å². The van der Waals surface area contributed by atoms with Gasteiger partial charge in [-0.2, -0.15) is 0 Å². The Labute approximate surface area is 163 Å². The van der Waals surface area contributed by atoms with Crippen molar-refractivity contribution in [3.63, 3.8) is 0 Å². The number of carbonyl (C=O) groups excluding carboxylic acids is 2. The number of likely N-dealkylation sites (tertiary alicyclic amines) is 1. The summed E-state index contributed by atoms with van der Waals surface area (Å²) in [5.74, 6) is 0.948. The first kappa shape index (κ1) is 21.3. The quantitative estimate of drug-likeness (QED) is 0.790. The molecule has 1 aromatic rings. The van der Waals surface area contributed by atoms with Gasteiger partial charge in [0.05, 0.1) is 6.04 Å². The van der Waals surface area contributed by atoms with Gasteiger partial charge in [0.25, 0.3) is 0 Å². The van der Waals surface area contributed by atoms with Gasteiger partial charge in [-0.05, 0) is 42.2 Å². The molecule has 5 heteroatoms. The zero-order chi connectivity index (χ0) is 20.0. The van der Waals surface area contributed by atoms with Crippen molar-refractivity contribution in [3.8, 4) is 0 Å². The summed E-state index contributed by atoms with van der Waals surface area (Å²) in [6.45, 7) is 9.95. The fraction of sp³-hybridized carbons (Fsp3) is 0.636. The molecule has 2 rings (SSSR count). The lowest BCUT2D eigenvalue weighted by Gasteiger charge is -2.33. The van der Waals surface area contributed by atoms with Crippen LogP contribution in [0.1, 0.15) is 70.0 Å². The van der Waals surface area contributed by atoms with Crippen LogP contribution in [0, 0.1) is 11.8 Å². The largest absolute Gasteiger partial charge is 0.359 e. The maximum atomic E-state index is 12.8. The number of nitrogens with zero attached hydrogens (tertiary/aromatic N) is 1. The Kier molecular flexibility index (Phi) is 7.69. The van der Waals surface area contributed by atoms with E-state index >= 15 is 0 Å². The van der Waals surface area contributed by atoms with E-state index in [-0.39, 0.29) is 23.9 Å². The van der Waals surface area contributed by atoms with Crippen LogP contribution in [0.4, 0.5) is 4.79 Å². The molecule has 0 bridgehead atoms. The van der Waals surface area contributed by atoms with Crippen molar-refractivity contribution in [3.05, 3.63) is 35.4 Å². The monoisotopic (exact) mass is 373 g/mol. The molecule has 3 amide bonds. The summed E-state index contributed by atoms with van der Waals surface area (Å²) >= 11 is 0. The van der Waals surface area contributed by atoms with E-state index in [1.807, 2.05) is 4.90 Å². The van der Waals surface area contributed by atoms with Crippen molar-refractivity contribution < 1.29 is 9.59 Å². The van der Waals surface area contributed by atoms with Crippen LogP contribution in [0.3, 0.4) is 0 Å². The van der Waals surface area contributed by atoms with Crippen molar-refractivity contribution in [1.29, 1.82) is 0 Å². The van der Waals surface area contributed by atoms with Gasteiger partial charge < -0.3 is 15.5 Å².